The molecule has 0 fully saturated rings. The summed E-state index contributed by atoms with van der Waals surface area (Å²) in [6.45, 7) is 16.6. The molecular formula is C16H32N2. The van der Waals surface area contributed by atoms with Crippen LogP contribution >= 0.6 is 0 Å². The van der Waals surface area contributed by atoms with Crippen molar-refractivity contribution < 1.29 is 0 Å². The summed E-state index contributed by atoms with van der Waals surface area (Å²) in [6.07, 6.45) is 3.27. The molecule has 2 heteroatoms. The van der Waals surface area contributed by atoms with E-state index in [1.807, 2.05) is 6.92 Å². The maximum absolute atomic E-state index is 3.70. The molecule has 0 radical (unpaired) electrons. The Balaban J connectivity index is 4.99. The van der Waals surface area contributed by atoms with E-state index >= 15 is 0 Å². The van der Waals surface area contributed by atoms with E-state index < -0.39 is 0 Å². The molecule has 2 unspecified atom stereocenters. The zero-order chi connectivity index (χ0) is 14.0. The Hall–Kier alpha value is -0.520. The number of rotatable bonds is 9. The molecule has 0 aromatic carbocycles. The van der Waals surface area contributed by atoms with Gasteiger partial charge in [0.05, 0.1) is 0 Å². The first-order chi connectivity index (χ1) is 8.60. The van der Waals surface area contributed by atoms with Gasteiger partial charge in [-0.25, -0.2) is 0 Å². The van der Waals surface area contributed by atoms with E-state index in [2.05, 4.69) is 56.7 Å². The monoisotopic (exact) mass is 252 g/mol. The summed E-state index contributed by atoms with van der Waals surface area (Å²) in [5.74, 6) is 6.30. The predicted molar refractivity (Wildman–Crippen MR) is 81.8 cm³/mol. The van der Waals surface area contributed by atoms with Gasteiger partial charge in [0.15, 0.2) is 0 Å². The Bertz CT molecular complexity index is 260. The summed E-state index contributed by atoms with van der Waals surface area (Å²) in [7, 11) is 0. The Morgan fingerprint density at radius 1 is 1.17 bits per heavy atom. The highest BCUT2D eigenvalue weighted by atomic mass is 15.2. The van der Waals surface area contributed by atoms with Gasteiger partial charge in [0.2, 0.25) is 0 Å². The van der Waals surface area contributed by atoms with Gasteiger partial charge in [-0.15, -0.1) is 11.8 Å². The summed E-state index contributed by atoms with van der Waals surface area (Å²) in [4.78, 5) is 2.57. The van der Waals surface area contributed by atoms with Crippen LogP contribution in [-0.2, 0) is 0 Å². The van der Waals surface area contributed by atoms with E-state index in [4.69, 9.17) is 0 Å². The highest BCUT2D eigenvalue weighted by molar-refractivity contribution is 5.05. The highest BCUT2D eigenvalue weighted by Gasteiger charge is 2.35. The van der Waals surface area contributed by atoms with E-state index in [0.717, 1.165) is 32.5 Å². The maximum atomic E-state index is 3.70. The van der Waals surface area contributed by atoms with Crippen molar-refractivity contribution in [3.63, 3.8) is 0 Å². The van der Waals surface area contributed by atoms with Crippen molar-refractivity contribution in [2.75, 3.05) is 19.6 Å². The molecule has 106 valence electrons. The first kappa shape index (κ1) is 17.5. The lowest BCUT2D eigenvalue weighted by molar-refractivity contribution is 0.0718. The van der Waals surface area contributed by atoms with Crippen molar-refractivity contribution in [3.8, 4) is 11.8 Å². The quantitative estimate of drug-likeness (QED) is 0.634. The van der Waals surface area contributed by atoms with Crippen LogP contribution in [0.2, 0.25) is 0 Å². The first-order valence-corrected chi connectivity index (χ1v) is 7.48. The third-order valence-electron chi connectivity index (χ3n) is 4.08. The largest absolute Gasteiger partial charge is 0.311 e. The molecule has 0 aliphatic carbocycles. The summed E-state index contributed by atoms with van der Waals surface area (Å²) in [5, 5.41) is 3.70. The molecule has 0 saturated heterocycles. The molecule has 0 bridgehead atoms. The molecule has 0 rings (SSSR count). The van der Waals surface area contributed by atoms with Gasteiger partial charge in [0, 0.05) is 18.0 Å². The zero-order valence-electron chi connectivity index (χ0n) is 13.3. The summed E-state index contributed by atoms with van der Waals surface area (Å²) < 4.78 is 0. The SMILES string of the molecule is CC#CCC(NCCC)C(C)(CC)N(CC)CC. The highest BCUT2D eigenvalue weighted by Crippen LogP contribution is 2.25. The van der Waals surface area contributed by atoms with Gasteiger partial charge in [0.25, 0.3) is 0 Å². The third kappa shape index (κ3) is 4.63. The first-order valence-electron chi connectivity index (χ1n) is 7.48. The molecule has 0 aliphatic rings. The lowest BCUT2D eigenvalue weighted by atomic mass is 9.85. The molecule has 0 aliphatic heterocycles. The Morgan fingerprint density at radius 3 is 2.17 bits per heavy atom. The second-order valence-corrected chi connectivity index (χ2v) is 5.02. The predicted octanol–water partition coefficient (Wildman–Crippen LogP) is 3.28. The van der Waals surface area contributed by atoms with Crippen molar-refractivity contribution in [1.82, 2.24) is 10.2 Å². The van der Waals surface area contributed by atoms with Crippen LogP contribution in [-0.4, -0.2) is 36.1 Å². The van der Waals surface area contributed by atoms with Crippen molar-refractivity contribution >= 4 is 0 Å². The summed E-state index contributed by atoms with van der Waals surface area (Å²) >= 11 is 0. The van der Waals surface area contributed by atoms with Crippen LogP contribution in [0, 0.1) is 11.8 Å². The fourth-order valence-electron chi connectivity index (χ4n) is 2.67. The van der Waals surface area contributed by atoms with E-state index in [1.165, 1.54) is 6.42 Å². The molecule has 0 amide bonds. The standard InChI is InChI=1S/C16H32N2/c1-7-12-13-15(17-14-8-2)16(6,9-3)18(10-4)11-5/h15,17H,8-11,13-14H2,1-6H3. The average Bonchev–Trinajstić information content (AvgIpc) is 2.39. The molecule has 18 heavy (non-hydrogen) atoms. The van der Waals surface area contributed by atoms with E-state index in [-0.39, 0.29) is 5.54 Å². The molecule has 1 N–H and O–H groups in total. The summed E-state index contributed by atoms with van der Waals surface area (Å²) in [5.41, 5.74) is 0.197. The molecule has 2 atom stereocenters. The van der Waals surface area contributed by atoms with Gasteiger partial charge in [-0.2, -0.15) is 0 Å². The number of nitrogens with one attached hydrogen (secondary N) is 1. The fourth-order valence-corrected chi connectivity index (χ4v) is 2.67. The minimum absolute atomic E-state index is 0.197. The second kappa shape index (κ2) is 9.42. The van der Waals surface area contributed by atoms with Crippen LogP contribution in [0.25, 0.3) is 0 Å². The number of likely N-dealkylation sites (N-methyl/N-ethyl adjacent to an activating group) is 1. The third-order valence-corrected chi connectivity index (χ3v) is 4.08. The van der Waals surface area contributed by atoms with Crippen molar-refractivity contribution in [3.05, 3.63) is 0 Å². The lowest BCUT2D eigenvalue weighted by Crippen LogP contribution is -2.59. The van der Waals surface area contributed by atoms with E-state index in [0.29, 0.717) is 6.04 Å². The number of nitrogens with zero attached hydrogens (tertiary/aromatic N) is 1. The molecule has 0 saturated carbocycles. The molecule has 0 aromatic rings. The van der Waals surface area contributed by atoms with Crippen LogP contribution < -0.4 is 5.32 Å². The van der Waals surface area contributed by atoms with Crippen molar-refractivity contribution in [2.45, 2.75) is 72.4 Å². The molecule has 0 spiro atoms. The number of hydrogen-bond acceptors (Lipinski definition) is 2. The minimum atomic E-state index is 0.197. The Labute approximate surface area is 115 Å². The van der Waals surface area contributed by atoms with Crippen LogP contribution in [0.4, 0.5) is 0 Å². The van der Waals surface area contributed by atoms with Crippen LogP contribution in [0.15, 0.2) is 0 Å². The van der Waals surface area contributed by atoms with Gasteiger partial charge in [-0.1, -0.05) is 27.7 Å². The number of hydrogen-bond donors (Lipinski definition) is 1. The maximum Gasteiger partial charge on any atom is 0.0359 e. The second-order valence-electron chi connectivity index (χ2n) is 5.02. The van der Waals surface area contributed by atoms with Gasteiger partial charge in [0.1, 0.15) is 0 Å². The molecule has 0 aromatic heterocycles. The Morgan fingerprint density at radius 2 is 1.78 bits per heavy atom. The fraction of sp³-hybridized carbons (Fsp3) is 0.875. The molecule has 2 nitrogen and oxygen atoms in total. The average molecular weight is 252 g/mol. The van der Waals surface area contributed by atoms with Crippen molar-refractivity contribution in [1.29, 1.82) is 0 Å². The minimum Gasteiger partial charge on any atom is -0.311 e. The normalized spacial score (nSPS) is 15.9. The van der Waals surface area contributed by atoms with Gasteiger partial charge >= 0.3 is 0 Å². The van der Waals surface area contributed by atoms with Gasteiger partial charge in [-0.05, 0) is 46.3 Å². The summed E-state index contributed by atoms with van der Waals surface area (Å²) in [6, 6.07) is 0.454. The van der Waals surface area contributed by atoms with E-state index in [9.17, 15) is 0 Å². The van der Waals surface area contributed by atoms with Crippen LogP contribution in [0.3, 0.4) is 0 Å². The Kier molecular flexibility index (Phi) is 9.14. The van der Waals surface area contributed by atoms with Gasteiger partial charge < -0.3 is 5.32 Å². The topological polar surface area (TPSA) is 15.3 Å². The van der Waals surface area contributed by atoms with Crippen LogP contribution in [0.5, 0.6) is 0 Å². The van der Waals surface area contributed by atoms with Crippen LogP contribution in [0.1, 0.15) is 60.8 Å². The zero-order valence-corrected chi connectivity index (χ0v) is 13.3. The van der Waals surface area contributed by atoms with Crippen molar-refractivity contribution in [2.24, 2.45) is 0 Å². The van der Waals surface area contributed by atoms with E-state index in [1.54, 1.807) is 0 Å². The lowest BCUT2D eigenvalue weighted by Gasteiger charge is -2.45. The smallest absolute Gasteiger partial charge is 0.0359 e. The van der Waals surface area contributed by atoms with Gasteiger partial charge in [-0.3, -0.25) is 4.90 Å². The molecule has 0 heterocycles. The molecular weight excluding hydrogens is 220 g/mol.